The van der Waals surface area contributed by atoms with Crippen molar-refractivity contribution in [2.24, 2.45) is 0 Å². The standard InChI is InChI=1S/C17H23N3O2.ClH/c1-11-5-6-12(2)14(9-11)15(21)7-8-17-19-16(20-22-17)10-13(3)18-4;/h5-6,9,13,18H,7-8,10H2,1-4H3;1H. The van der Waals surface area contributed by atoms with Gasteiger partial charge in [0, 0.05) is 30.9 Å². The summed E-state index contributed by atoms with van der Waals surface area (Å²) in [4.78, 5) is 16.7. The van der Waals surface area contributed by atoms with Crippen LogP contribution in [0.2, 0.25) is 0 Å². The average Bonchev–Trinajstić information content (AvgIpc) is 2.94. The van der Waals surface area contributed by atoms with Gasteiger partial charge in [-0.1, -0.05) is 22.9 Å². The van der Waals surface area contributed by atoms with Gasteiger partial charge >= 0.3 is 0 Å². The van der Waals surface area contributed by atoms with Crippen LogP contribution in [0.15, 0.2) is 22.7 Å². The Hall–Kier alpha value is -1.72. The summed E-state index contributed by atoms with van der Waals surface area (Å²) in [5, 5.41) is 7.08. The summed E-state index contributed by atoms with van der Waals surface area (Å²) in [6, 6.07) is 6.22. The summed E-state index contributed by atoms with van der Waals surface area (Å²) in [5.41, 5.74) is 2.88. The van der Waals surface area contributed by atoms with E-state index in [1.165, 1.54) is 0 Å². The van der Waals surface area contributed by atoms with Gasteiger partial charge in [-0.05, 0) is 39.4 Å². The van der Waals surface area contributed by atoms with Gasteiger partial charge in [0.05, 0.1) is 0 Å². The summed E-state index contributed by atoms with van der Waals surface area (Å²) in [7, 11) is 1.90. The van der Waals surface area contributed by atoms with E-state index in [4.69, 9.17) is 4.52 Å². The molecule has 23 heavy (non-hydrogen) atoms. The minimum Gasteiger partial charge on any atom is -0.339 e. The zero-order valence-corrected chi connectivity index (χ0v) is 14.9. The quantitative estimate of drug-likeness (QED) is 0.786. The van der Waals surface area contributed by atoms with Crippen molar-refractivity contribution in [3.05, 3.63) is 46.6 Å². The van der Waals surface area contributed by atoms with Crippen molar-refractivity contribution in [3.63, 3.8) is 0 Å². The van der Waals surface area contributed by atoms with Crippen molar-refractivity contribution in [2.75, 3.05) is 7.05 Å². The van der Waals surface area contributed by atoms with Crippen LogP contribution in [0.4, 0.5) is 0 Å². The highest BCUT2D eigenvalue weighted by Gasteiger charge is 2.13. The number of halogens is 1. The lowest BCUT2D eigenvalue weighted by molar-refractivity contribution is 0.0979. The molecule has 1 heterocycles. The van der Waals surface area contributed by atoms with Crippen molar-refractivity contribution < 1.29 is 9.32 Å². The van der Waals surface area contributed by atoms with Crippen LogP contribution in [0.25, 0.3) is 0 Å². The maximum absolute atomic E-state index is 12.3. The first-order chi connectivity index (χ1) is 10.5. The van der Waals surface area contributed by atoms with Gasteiger partial charge in [0.25, 0.3) is 0 Å². The molecule has 2 aromatic rings. The van der Waals surface area contributed by atoms with Crippen LogP contribution in [0.3, 0.4) is 0 Å². The van der Waals surface area contributed by atoms with Gasteiger partial charge in [-0.2, -0.15) is 4.98 Å². The van der Waals surface area contributed by atoms with Crippen molar-refractivity contribution in [1.29, 1.82) is 0 Å². The Morgan fingerprint density at radius 3 is 2.78 bits per heavy atom. The Morgan fingerprint density at radius 1 is 1.35 bits per heavy atom. The Kier molecular flexibility index (Phi) is 7.39. The SMILES string of the molecule is CNC(C)Cc1noc(CCC(=O)c2cc(C)ccc2C)n1.Cl. The largest absolute Gasteiger partial charge is 0.339 e. The van der Waals surface area contributed by atoms with E-state index in [1.54, 1.807) is 0 Å². The molecule has 1 N–H and O–H groups in total. The number of carbonyl (C=O) groups is 1. The number of hydrogen-bond acceptors (Lipinski definition) is 5. The molecule has 0 amide bonds. The molecule has 6 heteroatoms. The Morgan fingerprint density at radius 2 is 2.09 bits per heavy atom. The fraction of sp³-hybridized carbons (Fsp3) is 0.471. The number of nitrogens with zero attached hydrogens (tertiary/aromatic N) is 2. The zero-order chi connectivity index (χ0) is 16.1. The number of hydrogen-bond donors (Lipinski definition) is 1. The van der Waals surface area contributed by atoms with E-state index in [0.717, 1.165) is 16.7 Å². The van der Waals surface area contributed by atoms with Crippen LogP contribution < -0.4 is 5.32 Å². The Bertz CT molecular complexity index is 655. The lowest BCUT2D eigenvalue weighted by Crippen LogP contribution is -2.24. The van der Waals surface area contributed by atoms with Gasteiger partial charge in [0.1, 0.15) is 0 Å². The normalized spacial score (nSPS) is 11.8. The third-order valence-electron chi connectivity index (χ3n) is 3.75. The smallest absolute Gasteiger partial charge is 0.227 e. The summed E-state index contributed by atoms with van der Waals surface area (Å²) in [6.45, 7) is 6.00. The maximum Gasteiger partial charge on any atom is 0.227 e. The second-order valence-electron chi connectivity index (χ2n) is 5.74. The molecule has 0 bridgehead atoms. The van der Waals surface area contributed by atoms with Crippen molar-refractivity contribution in [2.45, 2.75) is 46.1 Å². The zero-order valence-electron chi connectivity index (χ0n) is 14.0. The molecule has 0 saturated heterocycles. The first-order valence-electron chi connectivity index (χ1n) is 7.58. The molecule has 0 aliphatic carbocycles. The summed E-state index contributed by atoms with van der Waals surface area (Å²) < 4.78 is 5.21. The van der Waals surface area contributed by atoms with Crippen molar-refractivity contribution >= 4 is 18.2 Å². The van der Waals surface area contributed by atoms with Gasteiger partial charge in [-0.25, -0.2) is 0 Å². The second kappa shape index (κ2) is 8.79. The second-order valence-corrected chi connectivity index (χ2v) is 5.74. The van der Waals surface area contributed by atoms with E-state index in [2.05, 4.69) is 22.4 Å². The molecular formula is C17H24ClN3O2. The van der Waals surface area contributed by atoms with Gasteiger partial charge in [0.2, 0.25) is 5.89 Å². The number of aryl methyl sites for hydroxylation is 3. The van der Waals surface area contributed by atoms with Crippen LogP contribution in [0.5, 0.6) is 0 Å². The van der Waals surface area contributed by atoms with E-state index in [1.807, 2.05) is 39.1 Å². The molecule has 1 unspecified atom stereocenters. The fourth-order valence-electron chi connectivity index (χ4n) is 2.24. The Labute approximate surface area is 143 Å². The van der Waals surface area contributed by atoms with Crippen LogP contribution in [-0.4, -0.2) is 29.0 Å². The molecule has 126 valence electrons. The van der Waals surface area contributed by atoms with E-state index in [9.17, 15) is 4.79 Å². The topological polar surface area (TPSA) is 68.0 Å². The van der Waals surface area contributed by atoms with Crippen LogP contribution in [0, 0.1) is 13.8 Å². The molecular weight excluding hydrogens is 314 g/mol. The lowest BCUT2D eigenvalue weighted by Gasteiger charge is -2.05. The molecule has 2 rings (SSSR count). The maximum atomic E-state index is 12.3. The molecule has 1 aromatic heterocycles. The van der Waals surface area contributed by atoms with E-state index in [-0.39, 0.29) is 18.2 Å². The van der Waals surface area contributed by atoms with Gasteiger partial charge in [0.15, 0.2) is 11.6 Å². The number of likely N-dealkylation sites (N-methyl/N-ethyl adjacent to an activating group) is 1. The number of carbonyl (C=O) groups excluding carboxylic acids is 1. The molecule has 1 aromatic carbocycles. The summed E-state index contributed by atoms with van der Waals surface area (Å²) in [6.07, 6.45) is 1.57. The predicted molar refractivity (Wildman–Crippen MR) is 92.3 cm³/mol. The minimum atomic E-state index is 0. The number of benzene rings is 1. The monoisotopic (exact) mass is 337 g/mol. The van der Waals surface area contributed by atoms with Gasteiger partial charge in [-0.3, -0.25) is 4.79 Å². The molecule has 0 fully saturated rings. The van der Waals surface area contributed by atoms with Crippen LogP contribution in [0.1, 0.15) is 46.5 Å². The van der Waals surface area contributed by atoms with Crippen LogP contribution >= 0.6 is 12.4 Å². The molecule has 5 nitrogen and oxygen atoms in total. The third kappa shape index (κ3) is 5.44. The number of rotatable bonds is 7. The average molecular weight is 338 g/mol. The lowest BCUT2D eigenvalue weighted by atomic mass is 9.99. The first-order valence-corrected chi connectivity index (χ1v) is 7.58. The molecule has 0 spiro atoms. The number of nitrogens with one attached hydrogen (secondary N) is 1. The molecule has 0 aliphatic heterocycles. The van der Waals surface area contributed by atoms with Crippen molar-refractivity contribution in [1.82, 2.24) is 15.5 Å². The number of aromatic nitrogens is 2. The van der Waals surface area contributed by atoms with Crippen molar-refractivity contribution in [3.8, 4) is 0 Å². The summed E-state index contributed by atoms with van der Waals surface area (Å²) >= 11 is 0. The minimum absolute atomic E-state index is 0. The van der Waals surface area contributed by atoms with E-state index >= 15 is 0 Å². The highest BCUT2D eigenvalue weighted by molar-refractivity contribution is 5.97. The molecule has 0 aliphatic rings. The van der Waals surface area contributed by atoms with E-state index < -0.39 is 0 Å². The molecule has 1 atom stereocenters. The van der Waals surface area contributed by atoms with Crippen LogP contribution in [-0.2, 0) is 12.8 Å². The first kappa shape index (κ1) is 19.3. The summed E-state index contributed by atoms with van der Waals surface area (Å²) in [5.74, 6) is 1.32. The van der Waals surface area contributed by atoms with E-state index in [0.29, 0.717) is 37.0 Å². The van der Waals surface area contributed by atoms with Gasteiger partial charge in [-0.15, -0.1) is 12.4 Å². The number of ketones is 1. The molecule has 0 radical (unpaired) electrons. The highest BCUT2D eigenvalue weighted by atomic mass is 35.5. The molecule has 0 saturated carbocycles. The van der Waals surface area contributed by atoms with Gasteiger partial charge < -0.3 is 9.84 Å². The highest BCUT2D eigenvalue weighted by Crippen LogP contribution is 2.14. The fourth-order valence-corrected chi connectivity index (χ4v) is 2.24. The number of Topliss-reactive ketones (excluding diaryl/α,β-unsaturated/α-hetero) is 1. The predicted octanol–water partition coefficient (Wildman–Crippen LogP) is 3.07. The third-order valence-corrected chi connectivity index (χ3v) is 3.75. The Balaban J connectivity index is 0.00000264.